The summed E-state index contributed by atoms with van der Waals surface area (Å²) < 4.78 is 79.2. The van der Waals surface area contributed by atoms with E-state index in [0.29, 0.717) is 12.1 Å². The smallest absolute Gasteiger partial charge is 0.368 e. The molecule has 1 fully saturated rings. The second-order valence-corrected chi connectivity index (χ2v) is 3.66. The molecule has 1 heterocycles. The number of rotatable bonds is 1. The van der Waals surface area contributed by atoms with E-state index in [0.717, 1.165) is 0 Å². The summed E-state index contributed by atoms with van der Waals surface area (Å²) in [5.41, 5.74) is -2.71. The lowest BCUT2D eigenvalue weighted by Gasteiger charge is -2.13. The molecule has 7 heteroatoms. The number of hydrogen-bond donors (Lipinski definition) is 0. The van der Waals surface area contributed by atoms with Crippen LogP contribution < -0.4 is 0 Å². The average Bonchev–Trinajstić information content (AvgIpc) is 2.97. The second-order valence-electron chi connectivity index (χ2n) is 3.66. The van der Waals surface area contributed by atoms with E-state index in [9.17, 15) is 26.3 Å². The summed E-state index contributed by atoms with van der Waals surface area (Å²) in [7, 11) is 0. The molecule has 1 atom stereocenters. The molecule has 1 saturated heterocycles. The zero-order valence-corrected chi connectivity index (χ0v) is 8.19. The Labute approximate surface area is 92.0 Å². The van der Waals surface area contributed by atoms with Gasteiger partial charge in [0.25, 0.3) is 0 Å². The van der Waals surface area contributed by atoms with Gasteiger partial charge in [0.2, 0.25) is 0 Å². The molecule has 0 N–H and O–H groups in total. The predicted molar refractivity (Wildman–Crippen MR) is 45.1 cm³/mol. The molecule has 0 amide bonds. The van der Waals surface area contributed by atoms with Crippen molar-refractivity contribution in [1.29, 1.82) is 0 Å². The maximum atomic E-state index is 12.4. The molecule has 94 valence electrons. The van der Waals surface area contributed by atoms with Gasteiger partial charge in [-0.25, -0.2) is 0 Å². The molecule has 1 aliphatic heterocycles. The number of alkyl halides is 6. The van der Waals surface area contributed by atoms with Crippen molar-refractivity contribution in [3.05, 3.63) is 34.9 Å². The largest absolute Gasteiger partial charge is 0.416 e. The van der Waals surface area contributed by atoms with E-state index in [4.69, 9.17) is 4.74 Å². The van der Waals surface area contributed by atoms with Crippen molar-refractivity contribution in [3.63, 3.8) is 0 Å². The Kier molecular flexibility index (Phi) is 2.61. The van der Waals surface area contributed by atoms with Crippen molar-refractivity contribution in [2.45, 2.75) is 18.5 Å². The highest BCUT2D eigenvalue weighted by Crippen LogP contribution is 2.40. The van der Waals surface area contributed by atoms with Crippen LogP contribution in [0.25, 0.3) is 0 Å². The van der Waals surface area contributed by atoms with Crippen LogP contribution in [0.4, 0.5) is 26.3 Å². The molecule has 0 radical (unpaired) electrons. The van der Waals surface area contributed by atoms with Gasteiger partial charge in [0.05, 0.1) is 17.7 Å². The summed E-state index contributed by atoms with van der Waals surface area (Å²) >= 11 is 0. The molecular weight excluding hydrogens is 250 g/mol. The lowest BCUT2D eigenvalue weighted by atomic mass is 10.0. The number of benzene rings is 1. The fraction of sp³-hybridized carbons (Fsp3) is 0.400. The first-order valence-electron chi connectivity index (χ1n) is 4.59. The van der Waals surface area contributed by atoms with Gasteiger partial charge in [-0.2, -0.15) is 26.3 Å². The maximum Gasteiger partial charge on any atom is 0.416 e. The molecule has 1 aromatic rings. The molecule has 1 aromatic carbocycles. The second kappa shape index (κ2) is 3.63. The summed E-state index contributed by atoms with van der Waals surface area (Å²) in [4.78, 5) is 0. The first kappa shape index (κ1) is 12.2. The maximum absolute atomic E-state index is 12.4. The quantitative estimate of drug-likeness (QED) is 0.550. The van der Waals surface area contributed by atoms with Crippen LogP contribution in [0.1, 0.15) is 22.8 Å². The summed E-state index contributed by atoms with van der Waals surface area (Å²) in [6, 6.07) is 1.48. The zero-order valence-electron chi connectivity index (χ0n) is 8.19. The molecule has 0 spiro atoms. The Morgan fingerprint density at radius 2 is 1.29 bits per heavy atom. The lowest BCUT2D eigenvalue weighted by molar-refractivity contribution is -0.143. The highest BCUT2D eigenvalue weighted by Gasteiger charge is 2.38. The predicted octanol–water partition coefficient (Wildman–Crippen LogP) is 3.80. The minimum Gasteiger partial charge on any atom is -0.368 e. The van der Waals surface area contributed by atoms with Crippen LogP contribution in [0.5, 0.6) is 0 Å². The van der Waals surface area contributed by atoms with Gasteiger partial charge in [0.1, 0.15) is 6.10 Å². The molecule has 1 nitrogen and oxygen atoms in total. The van der Waals surface area contributed by atoms with Crippen LogP contribution in [-0.4, -0.2) is 6.61 Å². The highest BCUT2D eigenvalue weighted by atomic mass is 19.4. The van der Waals surface area contributed by atoms with Crippen molar-refractivity contribution in [2.24, 2.45) is 0 Å². The van der Waals surface area contributed by atoms with Crippen molar-refractivity contribution < 1.29 is 31.1 Å². The van der Waals surface area contributed by atoms with Crippen LogP contribution >= 0.6 is 0 Å². The van der Waals surface area contributed by atoms with Gasteiger partial charge in [-0.3, -0.25) is 0 Å². The van der Waals surface area contributed by atoms with E-state index in [1.165, 1.54) is 0 Å². The Morgan fingerprint density at radius 3 is 1.59 bits per heavy atom. The van der Waals surface area contributed by atoms with Crippen LogP contribution in [0.2, 0.25) is 0 Å². The van der Waals surface area contributed by atoms with E-state index >= 15 is 0 Å². The standard InChI is InChI=1S/C10H6F6O/c11-9(12,13)6-1-5(8-4-17-8)2-7(3-6)10(14,15)16/h1-3,8H,4H2. The highest BCUT2D eigenvalue weighted by molar-refractivity contribution is 5.35. The molecule has 0 aromatic heterocycles. The van der Waals surface area contributed by atoms with Crippen molar-refractivity contribution in [1.82, 2.24) is 0 Å². The molecular formula is C10H6F6O. The van der Waals surface area contributed by atoms with Crippen LogP contribution in [-0.2, 0) is 17.1 Å². The Morgan fingerprint density at radius 1 is 0.882 bits per heavy atom. The van der Waals surface area contributed by atoms with Gasteiger partial charge >= 0.3 is 12.4 Å². The molecule has 0 bridgehead atoms. The SMILES string of the molecule is FC(F)(F)c1cc(C2CO2)cc(C(F)(F)F)c1. The molecule has 17 heavy (non-hydrogen) atoms. The van der Waals surface area contributed by atoms with Crippen molar-refractivity contribution >= 4 is 0 Å². The van der Waals surface area contributed by atoms with Gasteiger partial charge in [-0.1, -0.05) is 0 Å². The van der Waals surface area contributed by atoms with E-state index in [-0.39, 0.29) is 18.2 Å². The van der Waals surface area contributed by atoms with E-state index in [1.54, 1.807) is 0 Å². The third-order valence-electron chi connectivity index (χ3n) is 2.32. The summed E-state index contributed by atoms with van der Waals surface area (Å²) in [6.07, 6.45) is -10.3. The van der Waals surface area contributed by atoms with Gasteiger partial charge in [0, 0.05) is 0 Å². The average molecular weight is 256 g/mol. The topological polar surface area (TPSA) is 12.5 Å². The first-order valence-corrected chi connectivity index (χ1v) is 4.59. The monoisotopic (exact) mass is 256 g/mol. The fourth-order valence-electron chi connectivity index (χ4n) is 1.41. The Hall–Kier alpha value is -1.24. The van der Waals surface area contributed by atoms with Gasteiger partial charge < -0.3 is 4.74 Å². The number of halogens is 6. The van der Waals surface area contributed by atoms with Gasteiger partial charge in [-0.05, 0) is 23.8 Å². The fourth-order valence-corrected chi connectivity index (χ4v) is 1.41. The third kappa shape index (κ3) is 2.71. The van der Waals surface area contributed by atoms with Crippen LogP contribution in [0.3, 0.4) is 0 Å². The summed E-state index contributed by atoms with van der Waals surface area (Å²) in [6.45, 7) is 0.151. The Balaban J connectivity index is 2.50. The summed E-state index contributed by atoms with van der Waals surface area (Å²) in [5, 5.41) is 0. The Bertz CT molecular complexity index is 397. The van der Waals surface area contributed by atoms with E-state index in [1.807, 2.05) is 0 Å². The first-order chi connectivity index (χ1) is 7.68. The minimum atomic E-state index is -4.80. The van der Waals surface area contributed by atoms with E-state index in [2.05, 4.69) is 0 Å². The van der Waals surface area contributed by atoms with Gasteiger partial charge in [-0.15, -0.1) is 0 Å². The number of epoxide rings is 1. The van der Waals surface area contributed by atoms with Crippen LogP contribution in [0, 0.1) is 0 Å². The van der Waals surface area contributed by atoms with Gasteiger partial charge in [0.15, 0.2) is 0 Å². The van der Waals surface area contributed by atoms with Crippen LogP contribution in [0.15, 0.2) is 18.2 Å². The lowest BCUT2D eigenvalue weighted by Crippen LogP contribution is -2.11. The number of hydrogen-bond acceptors (Lipinski definition) is 1. The van der Waals surface area contributed by atoms with E-state index < -0.39 is 29.6 Å². The minimum absolute atomic E-state index is 0.0906. The molecule has 1 aliphatic rings. The molecule has 1 unspecified atom stereocenters. The van der Waals surface area contributed by atoms with Crippen molar-refractivity contribution in [2.75, 3.05) is 6.61 Å². The molecule has 2 rings (SSSR count). The third-order valence-corrected chi connectivity index (χ3v) is 2.32. The number of ether oxygens (including phenoxy) is 1. The summed E-state index contributed by atoms with van der Waals surface area (Å²) in [5.74, 6) is 0. The zero-order chi connectivity index (χ0) is 12.8. The molecule has 0 saturated carbocycles. The molecule has 0 aliphatic carbocycles. The van der Waals surface area contributed by atoms with Crippen molar-refractivity contribution in [3.8, 4) is 0 Å². The normalized spacial score (nSPS) is 20.5.